The Morgan fingerprint density at radius 2 is 1.75 bits per heavy atom. The average Bonchev–Trinajstić information content (AvgIpc) is 2.63. The molecule has 1 aromatic carbocycles. The molecule has 0 fully saturated rings. The van der Waals surface area contributed by atoms with E-state index in [0.717, 1.165) is 32.1 Å². The molecule has 0 aliphatic carbocycles. The van der Waals surface area contributed by atoms with Crippen molar-refractivity contribution in [1.29, 1.82) is 0 Å². The number of nitrogens with zero attached hydrogens (tertiary/aromatic N) is 1. The molecule has 0 aliphatic heterocycles. The molecule has 5 nitrogen and oxygen atoms in total. The quantitative estimate of drug-likeness (QED) is 0.350. The number of ether oxygens (including phenoxy) is 2. The number of hydrogen-bond acceptors (Lipinski definition) is 3. The molecule has 136 valence electrons. The van der Waals surface area contributed by atoms with Crippen LogP contribution in [-0.2, 0) is 9.47 Å². The van der Waals surface area contributed by atoms with Gasteiger partial charge < -0.3 is 20.1 Å². The Morgan fingerprint density at radius 1 is 1.04 bits per heavy atom. The lowest BCUT2D eigenvalue weighted by atomic mass is 10.0. The lowest BCUT2D eigenvalue weighted by Crippen LogP contribution is -2.40. The first-order valence-corrected chi connectivity index (χ1v) is 8.92. The van der Waals surface area contributed by atoms with Gasteiger partial charge >= 0.3 is 0 Å². The summed E-state index contributed by atoms with van der Waals surface area (Å²) in [6.07, 6.45) is 2.28. The van der Waals surface area contributed by atoms with Crippen LogP contribution < -0.4 is 10.6 Å². The van der Waals surface area contributed by atoms with Gasteiger partial charge in [0.25, 0.3) is 0 Å². The van der Waals surface area contributed by atoms with E-state index < -0.39 is 0 Å². The Kier molecular flexibility index (Phi) is 11.8. The van der Waals surface area contributed by atoms with Crippen LogP contribution in [0.1, 0.15) is 38.2 Å². The number of unbranched alkanes of at least 4 members (excludes halogenated alkanes) is 1. The van der Waals surface area contributed by atoms with Crippen LogP contribution in [0.5, 0.6) is 0 Å². The van der Waals surface area contributed by atoms with Gasteiger partial charge in [0.05, 0.1) is 19.8 Å². The zero-order valence-electron chi connectivity index (χ0n) is 15.4. The van der Waals surface area contributed by atoms with Crippen molar-refractivity contribution in [3.63, 3.8) is 0 Å². The molecular weight excluding hydrogens is 302 g/mol. The molecule has 0 heterocycles. The van der Waals surface area contributed by atoms with Crippen molar-refractivity contribution in [2.45, 2.75) is 32.6 Å². The molecule has 0 amide bonds. The van der Waals surface area contributed by atoms with Crippen LogP contribution in [0.3, 0.4) is 0 Å². The second-order valence-corrected chi connectivity index (χ2v) is 5.77. The second-order valence-electron chi connectivity index (χ2n) is 5.77. The Bertz CT molecular complexity index is 437. The van der Waals surface area contributed by atoms with Crippen molar-refractivity contribution in [3.05, 3.63) is 35.9 Å². The molecule has 1 rings (SSSR count). The maximum Gasteiger partial charge on any atom is 0.191 e. The molecule has 24 heavy (non-hydrogen) atoms. The molecule has 0 radical (unpaired) electrons. The van der Waals surface area contributed by atoms with Gasteiger partial charge in [0, 0.05) is 26.7 Å². The second kappa shape index (κ2) is 13.8. The maximum absolute atomic E-state index is 5.53. The Hall–Kier alpha value is -1.59. The summed E-state index contributed by atoms with van der Waals surface area (Å²) in [6, 6.07) is 10.5. The monoisotopic (exact) mass is 335 g/mol. The molecule has 0 spiro atoms. The van der Waals surface area contributed by atoms with Gasteiger partial charge in [0.1, 0.15) is 0 Å². The highest BCUT2D eigenvalue weighted by Crippen LogP contribution is 2.12. The molecule has 1 aromatic rings. The summed E-state index contributed by atoms with van der Waals surface area (Å²) in [4.78, 5) is 4.24. The molecule has 0 saturated carbocycles. The van der Waals surface area contributed by atoms with Crippen molar-refractivity contribution < 1.29 is 9.47 Å². The van der Waals surface area contributed by atoms with Gasteiger partial charge in [0.15, 0.2) is 5.96 Å². The SMILES string of the molecule is CCCCOCCOCCNC(=NC)NCC(C)c1ccccc1. The van der Waals surface area contributed by atoms with Crippen molar-refractivity contribution in [2.24, 2.45) is 4.99 Å². The van der Waals surface area contributed by atoms with Crippen molar-refractivity contribution in [1.82, 2.24) is 10.6 Å². The molecule has 5 heteroatoms. The van der Waals surface area contributed by atoms with E-state index in [4.69, 9.17) is 9.47 Å². The molecular formula is C19H33N3O2. The van der Waals surface area contributed by atoms with Crippen molar-refractivity contribution in [3.8, 4) is 0 Å². The fourth-order valence-corrected chi connectivity index (χ4v) is 2.18. The minimum absolute atomic E-state index is 0.432. The Labute approximate surface area is 146 Å². The number of rotatable bonds is 12. The topological polar surface area (TPSA) is 54.9 Å². The van der Waals surface area contributed by atoms with E-state index in [1.165, 1.54) is 12.0 Å². The fraction of sp³-hybridized carbons (Fsp3) is 0.632. The molecule has 1 atom stereocenters. The van der Waals surface area contributed by atoms with E-state index in [-0.39, 0.29) is 0 Å². The number of nitrogens with one attached hydrogen (secondary N) is 2. The highest BCUT2D eigenvalue weighted by Gasteiger charge is 2.05. The third kappa shape index (κ3) is 9.53. The van der Waals surface area contributed by atoms with Gasteiger partial charge in [-0.05, 0) is 17.9 Å². The molecule has 0 bridgehead atoms. The maximum atomic E-state index is 5.53. The van der Waals surface area contributed by atoms with Crippen LogP contribution in [0, 0.1) is 0 Å². The highest BCUT2D eigenvalue weighted by molar-refractivity contribution is 5.79. The Balaban J connectivity index is 2.06. The van der Waals surface area contributed by atoms with Gasteiger partial charge in [-0.1, -0.05) is 50.6 Å². The van der Waals surface area contributed by atoms with Crippen LogP contribution in [0.25, 0.3) is 0 Å². The van der Waals surface area contributed by atoms with Crippen molar-refractivity contribution in [2.75, 3.05) is 46.6 Å². The highest BCUT2D eigenvalue weighted by atomic mass is 16.5. The summed E-state index contributed by atoms with van der Waals surface area (Å²) in [6.45, 7) is 8.72. The molecule has 1 unspecified atom stereocenters. The molecule has 0 aromatic heterocycles. The minimum Gasteiger partial charge on any atom is -0.379 e. The van der Waals surface area contributed by atoms with Gasteiger partial charge in [-0.2, -0.15) is 0 Å². The van der Waals surface area contributed by atoms with E-state index in [1.807, 2.05) is 6.07 Å². The number of hydrogen-bond donors (Lipinski definition) is 2. The Morgan fingerprint density at radius 3 is 2.42 bits per heavy atom. The van der Waals surface area contributed by atoms with E-state index in [2.05, 4.69) is 53.7 Å². The van der Waals surface area contributed by atoms with Crippen LogP contribution in [-0.4, -0.2) is 52.5 Å². The smallest absolute Gasteiger partial charge is 0.191 e. The van der Waals surface area contributed by atoms with E-state index in [9.17, 15) is 0 Å². The number of benzene rings is 1. The zero-order valence-corrected chi connectivity index (χ0v) is 15.4. The first kappa shape index (κ1) is 20.5. The molecule has 2 N–H and O–H groups in total. The van der Waals surface area contributed by atoms with Gasteiger partial charge in [-0.15, -0.1) is 0 Å². The largest absolute Gasteiger partial charge is 0.379 e. The summed E-state index contributed by atoms with van der Waals surface area (Å²) in [5.41, 5.74) is 1.33. The van der Waals surface area contributed by atoms with E-state index >= 15 is 0 Å². The summed E-state index contributed by atoms with van der Waals surface area (Å²) in [5, 5.41) is 6.61. The third-order valence-corrected chi connectivity index (χ3v) is 3.72. The predicted molar refractivity (Wildman–Crippen MR) is 101 cm³/mol. The predicted octanol–water partition coefficient (Wildman–Crippen LogP) is 2.79. The zero-order chi connectivity index (χ0) is 17.5. The van der Waals surface area contributed by atoms with Crippen LogP contribution in [0.15, 0.2) is 35.3 Å². The fourth-order valence-electron chi connectivity index (χ4n) is 2.18. The summed E-state index contributed by atoms with van der Waals surface area (Å²) >= 11 is 0. The van der Waals surface area contributed by atoms with Gasteiger partial charge in [-0.3, -0.25) is 4.99 Å². The lowest BCUT2D eigenvalue weighted by Gasteiger charge is -2.16. The average molecular weight is 335 g/mol. The van der Waals surface area contributed by atoms with Crippen LogP contribution in [0.4, 0.5) is 0 Å². The third-order valence-electron chi connectivity index (χ3n) is 3.72. The summed E-state index contributed by atoms with van der Waals surface area (Å²) < 4.78 is 11.0. The summed E-state index contributed by atoms with van der Waals surface area (Å²) in [7, 11) is 1.78. The number of guanidine groups is 1. The first-order valence-electron chi connectivity index (χ1n) is 8.92. The normalized spacial score (nSPS) is 12.9. The van der Waals surface area contributed by atoms with E-state index in [0.29, 0.717) is 25.7 Å². The van der Waals surface area contributed by atoms with Crippen LogP contribution in [0.2, 0.25) is 0 Å². The molecule has 0 aliphatic rings. The minimum atomic E-state index is 0.432. The first-order chi connectivity index (χ1) is 11.8. The lowest BCUT2D eigenvalue weighted by molar-refractivity contribution is 0.0487. The van der Waals surface area contributed by atoms with Gasteiger partial charge in [-0.25, -0.2) is 0 Å². The van der Waals surface area contributed by atoms with Crippen LogP contribution >= 0.6 is 0 Å². The standard InChI is InChI=1S/C19H33N3O2/c1-4-5-12-23-14-15-24-13-11-21-19(20-3)22-16-17(2)18-9-7-6-8-10-18/h6-10,17H,4-5,11-16H2,1-3H3,(H2,20,21,22). The van der Waals surface area contributed by atoms with Crippen molar-refractivity contribution >= 4 is 5.96 Å². The molecule has 0 saturated heterocycles. The number of aliphatic imine (C=N–C) groups is 1. The van der Waals surface area contributed by atoms with Gasteiger partial charge in [0.2, 0.25) is 0 Å². The summed E-state index contributed by atoms with van der Waals surface area (Å²) in [5.74, 6) is 1.24. The van der Waals surface area contributed by atoms with E-state index in [1.54, 1.807) is 7.05 Å².